The zero-order valence-electron chi connectivity index (χ0n) is 69.4. The normalized spacial score (nSPS) is 15.9. The molecule has 3 heterocycles. The van der Waals surface area contributed by atoms with Crippen LogP contribution >= 0.6 is 0 Å². The molecule has 36 heteroatoms. The van der Waals surface area contributed by atoms with Crippen LogP contribution < -0.4 is 36.0 Å². The number of rotatable bonds is 34. The van der Waals surface area contributed by atoms with Crippen molar-refractivity contribution in [2.45, 2.75) is 211 Å². The Bertz CT molecular complexity index is 4210. The predicted molar refractivity (Wildman–Crippen MR) is 430 cm³/mol. The summed E-state index contributed by atoms with van der Waals surface area (Å²) < 4.78 is 94.5. The lowest BCUT2D eigenvalue weighted by Gasteiger charge is -2.34. The van der Waals surface area contributed by atoms with Gasteiger partial charge in [-0.05, 0) is 183 Å². The van der Waals surface area contributed by atoms with Crippen LogP contribution in [0.3, 0.4) is 0 Å². The number of hydrogen-bond donors (Lipinski definition) is 7. The summed E-state index contributed by atoms with van der Waals surface area (Å²) >= 11 is 0. The average Bonchev–Trinajstić information content (AvgIpc) is 1.69. The number of hydrogen-bond acceptors (Lipinski definition) is 27. The Morgan fingerprint density at radius 2 is 0.930 bits per heavy atom. The second-order valence-electron chi connectivity index (χ2n) is 33.3. The van der Waals surface area contributed by atoms with E-state index in [1.807, 2.05) is 19.4 Å². The number of esters is 6. The van der Waals surface area contributed by atoms with Gasteiger partial charge in [0.05, 0.1) is 67.2 Å². The molecule has 0 spiro atoms. The first-order chi connectivity index (χ1) is 53.6. The average molecular weight is 1650 g/mol. The number of carbonyl (C=O) groups is 10. The van der Waals surface area contributed by atoms with E-state index in [2.05, 4.69) is 46.1 Å². The van der Waals surface area contributed by atoms with Crippen LogP contribution in [0.15, 0.2) is 87.7 Å². The molecule has 1 saturated heterocycles. The molecule has 0 radical (unpaired) electrons. The van der Waals surface area contributed by atoms with Gasteiger partial charge in [-0.3, -0.25) is 77.2 Å². The van der Waals surface area contributed by atoms with Gasteiger partial charge in [-0.1, -0.05) is 24.3 Å². The lowest BCUT2D eigenvalue weighted by Crippen LogP contribution is -2.56. The van der Waals surface area contributed by atoms with Gasteiger partial charge in [-0.2, -0.15) is 9.82 Å². The largest absolute Gasteiger partial charge is 0.468 e. The zero-order valence-corrected chi connectivity index (χ0v) is 71.1. The number of nitrogens with one attached hydrogen (secondary N) is 7. The minimum Gasteiger partial charge on any atom is -0.468 e. The standard InChI is InChI=1S/C79H120N14O20S2/c1-75(2,3)109-66(95)32-29-60(87-73(102)61(30-33-67(96)110-76(4,5)6)86-65(94)50-89-39-41-90(51-68(97)111-77(7,8)9)43-45-92(53-70(99)113-79(13,14)15)46-44-91(42-40-89)52-69(98)112-78(10,11)12)72(101)82-35-36-85-114(104,105)58-25-20-54(21-26-58)55-22-27-59(28-23-55)115(106,107)88-62(74(103)108-16)49-83-71(100)56-24-31-63-57(47-56)48-84-93(63)38-37-81-64-19-17-18-34-80-64/h20-28,31,47-48,60-62,85,88H,17-19,29-30,32-46,49-53H2,1-16H3,(H,80,81)(H,82,101)(H,83,100)(H,86,94)(H,87,102)/t60?,61-,62-/m0/s1. The molecule has 6 rings (SSSR count). The zero-order chi connectivity index (χ0) is 85.3. The number of benzene rings is 3. The highest BCUT2D eigenvalue weighted by Gasteiger charge is 2.34. The number of aromatic nitrogens is 2. The van der Waals surface area contributed by atoms with Crippen molar-refractivity contribution in [1.82, 2.24) is 65.4 Å². The summed E-state index contributed by atoms with van der Waals surface area (Å²) in [6.07, 6.45) is 3.30. The van der Waals surface area contributed by atoms with Gasteiger partial charge in [-0.15, -0.1) is 0 Å². The van der Waals surface area contributed by atoms with Crippen LogP contribution in [0.5, 0.6) is 0 Å². The summed E-state index contributed by atoms with van der Waals surface area (Å²) in [4.78, 5) is 148. The first kappa shape index (κ1) is 94.8. The highest BCUT2D eigenvalue weighted by Crippen LogP contribution is 2.25. The highest BCUT2D eigenvalue weighted by atomic mass is 32.2. The van der Waals surface area contributed by atoms with Crippen LogP contribution in [0.4, 0.5) is 0 Å². The molecular weight excluding hydrogens is 1530 g/mol. The maximum absolute atomic E-state index is 14.7. The fourth-order valence-electron chi connectivity index (χ4n) is 12.1. The summed E-state index contributed by atoms with van der Waals surface area (Å²) in [6, 6.07) is 11.6. The van der Waals surface area contributed by atoms with E-state index in [0.717, 1.165) is 44.3 Å². The highest BCUT2D eigenvalue weighted by molar-refractivity contribution is 7.89. The van der Waals surface area contributed by atoms with Crippen LogP contribution in [0, 0.1) is 0 Å². The Morgan fingerprint density at radius 3 is 1.37 bits per heavy atom. The van der Waals surface area contributed by atoms with Gasteiger partial charge in [0.25, 0.3) is 5.91 Å². The fraction of sp³-hybridized carbons (Fsp3) is 0.620. The number of sulfonamides is 2. The molecule has 34 nitrogen and oxygen atoms in total. The molecule has 7 N–H and O–H groups in total. The Kier molecular flexibility index (Phi) is 35.2. The lowest BCUT2D eigenvalue weighted by atomic mass is 10.1. The molecule has 1 fully saturated rings. The molecule has 115 heavy (non-hydrogen) atoms. The molecule has 2 aliphatic heterocycles. The molecule has 3 aromatic carbocycles. The minimum absolute atomic E-state index is 0.0854. The van der Waals surface area contributed by atoms with Gasteiger partial charge in [0.2, 0.25) is 37.8 Å². The maximum atomic E-state index is 14.7. The predicted octanol–water partition coefficient (Wildman–Crippen LogP) is 3.98. The number of methoxy groups -OCH3 is 1. The first-order valence-corrected chi connectivity index (χ1v) is 41.7. The summed E-state index contributed by atoms with van der Waals surface area (Å²) in [5.41, 5.74) is -2.21. The fourth-order valence-corrected chi connectivity index (χ4v) is 14.3. The first-order valence-electron chi connectivity index (χ1n) is 38.8. The van der Waals surface area contributed by atoms with Crippen molar-refractivity contribution >= 4 is 96.2 Å². The molecule has 1 unspecified atom stereocenters. The molecule has 0 aliphatic carbocycles. The van der Waals surface area contributed by atoms with Crippen molar-refractivity contribution in [2.24, 2.45) is 4.99 Å². The monoisotopic (exact) mass is 1650 g/mol. The molecule has 0 saturated carbocycles. The van der Waals surface area contributed by atoms with Crippen LogP contribution in [0.2, 0.25) is 0 Å². The third kappa shape index (κ3) is 35.1. The second-order valence-corrected chi connectivity index (χ2v) is 36.8. The van der Waals surface area contributed by atoms with E-state index in [9.17, 15) is 64.8 Å². The van der Waals surface area contributed by atoms with Crippen molar-refractivity contribution in [3.63, 3.8) is 0 Å². The SMILES string of the molecule is COC(=O)[C@H](CNC(=O)c1ccc2c(cnn2CCNC2=NCCCC2)c1)NS(=O)(=O)c1ccc(-c2ccc(S(=O)(=O)NCCNC(=O)C(CCC(=O)OC(C)(C)C)NC(=O)[C@H](CCC(=O)OC(C)(C)C)NC(=O)CN3CCN(CC(=O)OC(C)(C)C)CCN(CC(=O)OC(C)(C)C)CCN(CC(=O)OC(C)(C)C)CC3)cc2)cc1. The van der Waals surface area contributed by atoms with Crippen molar-refractivity contribution in [2.75, 3.05) is 118 Å². The van der Waals surface area contributed by atoms with E-state index in [4.69, 9.17) is 28.4 Å². The quantitative estimate of drug-likeness (QED) is 0.0197. The number of amidine groups is 1. The summed E-state index contributed by atoms with van der Waals surface area (Å²) in [7, 11) is -7.59. The van der Waals surface area contributed by atoms with Crippen LogP contribution in [-0.2, 0) is 98.2 Å². The van der Waals surface area contributed by atoms with Gasteiger partial charge >= 0.3 is 35.8 Å². The van der Waals surface area contributed by atoms with Crippen molar-refractivity contribution in [1.29, 1.82) is 0 Å². The van der Waals surface area contributed by atoms with Crippen molar-refractivity contribution in [3.8, 4) is 11.1 Å². The number of amides is 4. The van der Waals surface area contributed by atoms with E-state index in [0.29, 0.717) is 29.6 Å². The number of aliphatic imine (C=N–C) groups is 1. The second kappa shape index (κ2) is 42.7. The molecule has 4 amide bonds. The number of ether oxygens (including phenoxy) is 6. The van der Waals surface area contributed by atoms with E-state index in [-0.39, 0.29) is 133 Å². The summed E-state index contributed by atoms with van der Waals surface area (Å²) in [5, 5.41) is 19.1. The van der Waals surface area contributed by atoms with Crippen molar-refractivity contribution in [3.05, 3.63) is 78.5 Å². The Balaban J connectivity index is 1.11. The Labute approximate surface area is 675 Å². The Morgan fingerprint density at radius 1 is 0.487 bits per heavy atom. The van der Waals surface area contributed by atoms with Gasteiger partial charge in [0.15, 0.2) is 0 Å². The molecule has 0 bridgehead atoms. The van der Waals surface area contributed by atoms with E-state index >= 15 is 0 Å². The number of nitrogens with zero attached hydrogens (tertiary/aromatic N) is 7. The minimum atomic E-state index is -4.41. The van der Waals surface area contributed by atoms with Gasteiger partial charge in [0.1, 0.15) is 46.1 Å². The molecule has 1 aromatic heterocycles. The van der Waals surface area contributed by atoms with Crippen LogP contribution in [0.1, 0.15) is 159 Å². The van der Waals surface area contributed by atoms with Crippen molar-refractivity contribution < 1.29 is 93.2 Å². The van der Waals surface area contributed by atoms with E-state index in [1.54, 1.807) is 133 Å². The lowest BCUT2D eigenvalue weighted by molar-refractivity contribution is -0.158. The van der Waals surface area contributed by atoms with E-state index in [1.165, 1.54) is 48.5 Å². The topological polar surface area (TPSA) is 422 Å². The number of carbonyl (C=O) groups excluding carboxylic acids is 10. The van der Waals surface area contributed by atoms with E-state index < -0.39 is 132 Å². The molecule has 4 aromatic rings. The third-order valence-corrected chi connectivity index (χ3v) is 20.3. The smallest absolute Gasteiger partial charge is 0.325 e. The number of fused-ring (bicyclic) bond motifs is 1. The third-order valence-electron chi connectivity index (χ3n) is 17.3. The molecule has 638 valence electrons. The maximum Gasteiger partial charge on any atom is 0.325 e. The summed E-state index contributed by atoms with van der Waals surface area (Å²) in [6.45, 7) is 27.6. The van der Waals surface area contributed by atoms with Gasteiger partial charge < -0.3 is 55.0 Å². The van der Waals surface area contributed by atoms with Crippen LogP contribution in [0.25, 0.3) is 22.0 Å². The molecule has 3 atom stereocenters. The molecule has 2 aliphatic rings. The summed E-state index contributed by atoms with van der Waals surface area (Å²) in [5.74, 6) is -5.92. The van der Waals surface area contributed by atoms with Crippen LogP contribution in [-0.4, -0.2) is 276 Å². The van der Waals surface area contributed by atoms with Gasteiger partial charge in [-0.25, -0.2) is 21.6 Å². The molecular formula is C79H120N14O20S2. The Hall–Kier alpha value is -9.04. The van der Waals surface area contributed by atoms with Gasteiger partial charge in [0, 0.05) is 115 Å².